The van der Waals surface area contributed by atoms with E-state index < -0.39 is 17.9 Å². The maximum Gasteiger partial charge on any atom is 0.279 e. The van der Waals surface area contributed by atoms with Gasteiger partial charge in [-0.15, -0.1) is 0 Å². The number of hydrogen-bond donors (Lipinski definition) is 3. The summed E-state index contributed by atoms with van der Waals surface area (Å²) in [5.74, 6) is -0.411. The molecule has 1 atom stereocenters. The highest BCUT2D eigenvalue weighted by atomic mass is 16.5. The highest BCUT2D eigenvalue weighted by Gasteiger charge is 2.18. The Bertz CT molecular complexity index is 820. The Morgan fingerprint density at radius 1 is 1.12 bits per heavy atom. The molecule has 7 nitrogen and oxygen atoms in total. The van der Waals surface area contributed by atoms with Gasteiger partial charge in [-0.25, -0.2) is 0 Å². The first-order chi connectivity index (χ1) is 12.3. The van der Waals surface area contributed by atoms with E-state index in [9.17, 15) is 14.7 Å². The molecular weight excluding hydrogens is 336 g/mol. The number of phenolic OH excluding ortho intramolecular Hbond substituents is 1. The van der Waals surface area contributed by atoms with Crippen LogP contribution in [0.25, 0.3) is 0 Å². The molecule has 0 aromatic heterocycles. The summed E-state index contributed by atoms with van der Waals surface area (Å²) < 4.78 is 10.6. The van der Waals surface area contributed by atoms with E-state index in [2.05, 4.69) is 10.9 Å². The molecule has 0 fully saturated rings. The topological polar surface area (TPSA) is 96.9 Å². The van der Waals surface area contributed by atoms with Crippen molar-refractivity contribution in [3.05, 3.63) is 53.1 Å². The molecule has 138 valence electrons. The fraction of sp³-hybridized carbons (Fsp3) is 0.263. The number of ether oxygens (including phenoxy) is 2. The van der Waals surface area contributed by atoms with Crippen LogP contribution >= 0.6 is 0 Å². The van der Waals surface area contributed by atoms with Crippen LogP contribution in [0.4, 0.5) is 0 Å². The van der Waals surface area contributed by atoms with Crippen molar-refractivity contribution in [3.63, 3.8) is 0 Å². The number of hydrazine groups is 1. The zero-order valence-corrected chi connectivity index (χ0v) is 15.1. The Hall–Kier alpha value is -3.22. The van der Waals surface area contributed by atoms with Gasteiger partial charge in [-0.3, -0.25) is 20.4 Å². The molecule has 2 amide bonds. The molecule has 0 heterocycles. The lowest BCUT2D eigenvalue weighted by Crippen LogP contribution is -2.47. The molecule has 0 saturated heterocycles. The van der Waals surface area contributed by atoms with E-state index in [0.29, 0.717) is 11.5 Å². The minimum absolute atomic E-state index is 0.00852. The van der Waals surface area contributed by atoms with Crippen LogP contribution in [0.1, 0.15) is 28.4 Å². The van der Waals surface area contributed by atoms with Gasteiger partial charge in [0.25, 0.3) is 11.8 Å². The molecule has 2 aromatic carbocycles. The molecular formula is C19H22N2O5. The second kappa shape index (κ2) is 8.24. The molecule has 0 bridgehead atoms. The number of amides is 2. The first-order valence-corrected chi connectivity index (χ1v) is 8.03. The normalized spacial score (nSPS) is 11.4. The SMILES string of the molecule is COc1ccc(C(=O)NNC(=O)C(C)Oc2cccc(C)c2C)c(O)c1. The predicted molar refractivity (Wildman–Crippen MR) is 96.3 cm³/mol. The Kier molecular flexibility index (Phi) is 6.06. The second-order valence-electron chi connectivity index (χ2n) is 5.78. The lowest BCUT2D eigenvalue weighted by Gasteiger charge is -2.17. The summed E-state index contributed by atoms with van der Waals surface area (Å²) in [5, 5.41) is 9.84. The zero-order valence-electron chi connectivity index (χ0n) is 15.1. The molecule has 0 aliphatic rings. The van der Waals surface area contributed by atoms with Crippen LogP contribution in [-0.2, 0) is 4.79 Å². The van der Waals surface area contributed by atoms with Crippen molar-refractivity contribution in [2.45, 2.75) is 26.9 Å². The Morgan fingerprint density at radius 2 is 1.85 bits per heavy atom. The smallest absolute Gasteiger partial charge is 0.279 e. The zero-order chi connectivity index (χ0) is 19.3. The number of phenols is 1. The summed E-state index contributed by atoms with van der Waals surface area (Å²) in [6, 6.07) is 9.81. The van der Waals surface area contributed by atoms with Crippen LogP contribution in [0.15, 0.2) is 36.4 Å². The largest absolute Gasteiger partial charge is 0.507 e. The van der Waals surface area contributed by atoms with E-state index >= 15 is 0 Å². The van der Waals surface area contributed by atoms with E-state index in [4.69, 9.17) is 9.47 Å². The van der Waals surface area contributed by atoms with E-state index in [1.165, 1.54) is 25.3 Å². The van der Waals surface area contributed by atoms with Gasteiger partial charge in [0.15, 0.2) is 6.10 Å². The average molecular weight is 358 g/mol. The number of benzene rings is 2. The molecule has 1 unspecified atom stereocenters. The predicted octanol–water partition coefficient (Wildman–Crippen LogP) is 2.25. The quantitative estimate of drug-likeness (QED) is 0.712. The summed E-state index contributed by atoms with van der Waals surface area (Å²) in [4.78, 5) is 24.2. The Labute approximate surface area is 151 Å². The number of rotatable bonds is 5. The van der Waals surface area contributed by atoms with Crippen molar-refractivity contribution in [1.29, 1.82) is 0 Å². The van der Waals surface area contributed by atoms with E-state index in [1.807, 2.05) is 26.0 Å². The molecule has 2 aromatic rings. The summed E-state index contributed by atoms with van der Waals surface area (Å²) in [6.45, 7) is 5.44. The lowest BCUT2D eigenvalue weighted by atomic mass is 10.1. The molecule has 0 spiro atoms. The molecule has 0 aliphatic carbocycles. The molecule has 2 rings (SSSR count). The Morgan fingerprint density at radius 3 is 2.50 bits per heavy atom. The highest BCUT2D eigenvalue weighted by molar-refractivity contribution is 5.98. The summed E-state index contributed by atoms with van der Waals surface area (Å²) in [7, 11) is 1.45. The third kappa shape index (κ3) is 4.44. The number of methoxy groups -OCH3 is 1. The van der Waals surface area contributed by atoms with Gasteiger partial charge in [0.2, 0.25) is 0 Å². The third-order valence-electron chi connectivity index (χ3n) is 3.98. The van der Waals surface area contributed by atoms with Crippen LogP contribution in [0, 0.1) is 13.8 Å². The number of aryl methyl sites for hydroxylation is 1. The van der Waals surface area contributed by atoms with Gasteiger partial charge < -0.3 is 14.6 Å². The molecule has 0 aliphatic heterocycles. The van der Waals surface area contributed by atoms with Crippen LogP contribution in [0.3, 0.4) is 0 Å². The fourth-order valence-electron chi connectivity index (χ4n) is 2.21. The Balaban J connectivity index is 1.95. The minimum Gasteiger partial charge on any atom is -0.507 e. The highest BCUT2D eigenvalue weighted by Crippen LogP contribution is 2.23. The van der Waals surface area contributed by atoms with Crippen molar-refractivity contribution < 1.29 is 24.2 Å². The van der Waals surface area contributed by atoms with Gasteiger partial charge in [0.05, 0.1) is 12.7 Å². The van der Waals surface area contributed by atoms with Gasteiger partial charge in [0.1, 0.15) is 17.2 Å². The van der Waals surface area contributed by atoms with Gasteiger partial charge in [0, 0.05) is 6.07 Å². The number of aromatic hydroxyl groups is 1. The molecule has 3 N–H and O–H groups in total. The molecule has 0 radical (unpaired) electrons. The average Bonchev–Trinajstić information content (AvgIpc) is 2.62. The van der Waals surface area contributed by atoms with Crippen molar-refractivity contribution in [2.24, 2.45) is 0 Å². The van der Waals surface area contributed by atoms with E-state index in [1.54, 1.807) is 13.0 Å². The fourth-order valence-corrected chi connectivity index (χ4v) is 2.21. The maximum atomic E-state index is 12.1. The van der Waals surface area contributed by atoms with Crippen LogP contribution < -0.4 is 20.3 Å². The van der Waals surface area contributed by atoms with Gasteiger partial charge >= 0.3 is 0 Å². The first-order valence-electron chi connectivity index (χ1n) is 8.03. The monoisotopic (exact) mass is 358 g/mol. The minimum atomic E-state index is -0.819. The summed E-state index contributed by atoms with van der Waals surface area (Å²) in [6.07, 6.45) is -0.819. The molecule has 7 heteroatoms. The van der Waals surface area contributed by atoms with Crippen LogP contribution in [0.2, 0.25) is 0 Å². The van der Waals surface area contributed by atoms with Crippen molar-refractivity contribution in [3.8, 4) is 17.2 Å². The lowest BCUT2D eigenvalue weighted by molar-refractivity contribution is -0.128. The molecule has 26 heavy (non-hydrogen) atoms. The van der Waals surface area contributed by atoms with E-state index in [0.717, 1.165) is 11.1 Å². The number of nitrogens with one attached hydrogen (secondary N) is 2. The van der Waals surface area contributed by atoms with Crippen LogP contribution in [-0.4, -0.2) is 30.1 Å². The standard InChI is InChI=1S/C19H22N2O5/c1-11-6-5-7-17(12(11)2)26-13(3)18(23)20-21-19(24)15-9-8-14(25-4)10-16(15)22/h5-10,13,22H,1-4H3,(H,20,23)(H,21,24). The number of hydrogen-bond acceptors (Lipinski definition) is 5. The van der Waals surface area contributed by atoms with Gasteiger partial charge in [-0.1, -0.05) is 12.1 Å². The number of carbonyl (C=O) groups is 2. The molecule has 0 saturated carbocycles. The van der Waals surface area contributed by atoms with E-state index in [-0.39, 0.29) is 11.3 Å². The van der Waals surface area contributed by atoms with Gasteiger partial charge in [-0.2, -0.15) is 0 Å². The number of carbonyl (C=O) groups excluding carboxylic acids is 2. The van der Waals surface area contributed by atoms with Gasteiger partial charge in [-0.05, 0) is 50.1 Å². The van der Waals surface area contributed by atoms with Crippen molar-refractivity contribution in [1.82, 2.24) is 10.9 Å². The van der Waals surface area contributed by atoms with Crippen molar-refractivity contribution >= 4 is 11.8 Å². The van der Waals surface area contributed by atoms with Crippen molar-refractivity contribution in [2.75, 3.05) is 7.11 Å². The second-order valence-corrected chi connectivity index (χ2v) is 5.78. The maximum absolute atomic E-state index is 12.1. The summed E-state index contributed by atoms with van der Waals surface area (Å²) >= 11 is 0. The summed E-state index contributed by atoms with van der Waals surface area (Å²) in [5.41, 5.74) is 6.54. The third-order valence-corrected chi connectivity index (χ3v) is 3.98. The van der Waals surface area contributed by atoms with Crippen LogP contribution in [0.5, 0.6) is 17.2 Å². The first kappa shape index (κ1) is 19.1.